The second-order valence-electron chi connectivity index (χ2n) is 5.98. The number of hydrogen-bond donors (Lipinski definition) is 1. The van der Waals surface area contributed by atoms with Crippen molar-refractivity contribution in [2.75, 3.05) is 13.7 Å². The Morgan fingerprint density at radius 1 is 1.25 bits per heavy atom. The third-order valence-electron chi connectivity index (χ3n) is 4.60. The van der Waals surface area contributed by atoms with Gasteiger partial charge in [0.15, 0.2) is 10.7 Å². The molecular formula is C18H15BrN2O2S. The molecule has 0 aliphatic carbocycles. The van der Waals surface area contributed by atoms with E-state index in [0.717, 1.165) is 33.3 Å². The SMILES string of the molecule is CN1C(=O)C(c2cccc(Br)c2)(c2ccc3c(c2)CCO3)NC1=S. The molecule has 2 aromatic carbocycles. The van der Waals surface area contributed by atoms with Gasteiger partial charge < -0.3 is 10.1 Å². The number of rotatable bonds is 2. The molecule has 1 N–H and O–H groups in total. The Hall–Kier alpha value is -1.92. The van der Waals surface area contributed by atoms with Gasteiger partial charge in [0.25, 0.3) is 5.91 Å². The monoisotopic (exact) mass is 402 g/mol. The van der Waals surface area contributed by atoms with Crippen LogP contribution in [0, 0.1) is 0 Å². The molecule has 0 bridgehead atoms. The summed E-state index contributed by atoms with van der Waals surface area (Å²) < 4.78 is 6.51. The van der Waals surface area contributed by atoms with Gasteiger partial charge in [0.1, 0.15) is 5.75 Å². The van der Waals surface area contributed by atoms with Crippen LogP contribution in [0.2, 0.25) is 0 Å². The van der Waals surface area contributed by atoms with Crippen molar-refractivity contribution in [3.05, 3.63) is 63.6 Å². The molecule has 24 heavy (non-hydrogen) atoms. The molecule has 2 aliphatic heterocycles. The minimum atomic E-state index is -1.01. The first kappa shape index (κ1) is 15.6. The van der Waals surface area contributed by atoms with Crippen LogP contribution in [0.15, 0.2) is 46.9 Å². The normalized spacial score (nSPS) is 22.3. The van der Waals surface area contributed by atoms with Crippen LogP contribution in [0.1, 0.15) is 16.7 Å². The largest absolute Gasteiger partial charge is 0.493 e. The number of nitrogens with one attached hydrogen (secondary N) is 1. The number of thiocarbonyl (C=S) groups is 1. The van der Waals surface area contributed by atoms with Gasteiger partial charge in [-0.3, -0.25) is 9.69 Å². The summed E-state index contributed by atoms with van der Waals surface area (Å²) in [7, 11) is 1.70. The lowest BCUT2D eigenvalue weighted by atomic mass is 9.82. The highest BCUT2D eigenvalue weighted by molar-refractivity contribution is 9.10. The number of hydrogen-bond acceptors (Lipinski definition) is 3. The smallest absolute Gasteiger partial charge is 0.263 e. The first-order chi connectivity index (χ1) is 11.5. The van der Waals surface area contributed by atoms with Crippen molar-refractivity contribution in [1.82, 2.24) is 10.2 Å². The molecule has 2 aliphatic rings. The van der Waals surface area contributed by atoms with E-state index in [0.29, 0.717) is 11.7 Å². The highest BCUT2D eigenvalue weighted by atomic mass is 79.9. The van der Waals surface area contributed by atoms with Crippen molar-refractivity contribution in [2.24, 2.45) is 0 Å². The molecule has 0 spiro atoms. The summed E-state index contributed by atoms with van der Waals surface area (Å²) in [5.41, 5.74) is 1.85. The zero-order valence-corrected chi connectivity index (χ0v) is 15.4. The van der Waals surface area contributed by atoms with Gasteiger partial charge >= 0.3 is 0 Å². The quantitative estimate of drug-likeness (QED) is 0.783. The lowest BCUT2D eigenvalue weighted by Crippen LogP contribution is -2.45. The number of likely N-dealkylation sites (N-methyl/N-ethyl adjacent to an activating group) is 1. The maximum Gasteiger partial charge on any atom is 0.263 e. The van der Waals surface area contributed by atoms with E-state index in [1.807, 2.05) is 36.4 Å². The summed E-state index contributed by atoms with van der Waals surface area (Å²) in [5.74, 6) is 0.814. The van der Waals surface area contributed by atoms with Gasteiger partial charge in [0.2, 0.25) is 0 Å². The van der Waals surface area contributed by atoms with E-state index in [1.54, 1.807) is 7.05 Å². The molecular weight excluding hydrogens is 388 g/mol. The third kappa shape index (κ3) is 2.17. The van der Waals surface area contributed by atoms with Crippen molar-refractivity contribution < 1.29 is 9.53 Å². The molecule has 1 amide bonds. The lowest BCUT2D eigenvalue weighted by Gasteiger charge is -2.28. The van der Waals surface area contributed by atoms with Crippen LogP contribution < -0.4 is 10.1 Å². The van der Waals surface area contributed by atoms with E-state index < -0.39 is 5.54 Å². The lowest BCUT2D eigenvalue weighted by molar-refractivity contribution is -0.129. The molecule has 1 atom stereocenters. The Labute approximate surface area is 153 Å². The van der Waals surface area contributed by atoms with Crippen LogP contribution in [0.4, 0.5) is 0 Å². The third-order valence-corrected chi connectivity index (χ3v) is 5.47. The summed E-state index contributed by atoms with van der Waals surface area (Å²) in [6, 6.07) is 13.7. The van der Waals surface area contributed by atoms with Gasteiger partial charge in [-0.05, 0) is 53.2 Å². The van der Waals surface area contributed by atoms with E-state index in [1.165, 1.54) is 4.90 Å². The zero-order chi connectivity index (χ0) is 16.9. The number of amides is 1. The maximum absolute atomic E-state index is 13.2. The predicted octanol–water partition coefficient (Wildman–Crippen LogP) is 2.97. The molecule has 2 heterocycles. The number of nitrogens with zero attached hydrogens (tertiary/aromatic N) is 1. The summed E-state index contributed by atoms with van der Waals surface area (Å²) >= 11 is 8.86. The Morgan fingerprint density at radius 2 is 2.04 bits per heavy atom. The number of ether oxygens (including phenoxy) is 1. The maximum atomic E-state index is 13.2. The Morgan fingerprint density at radius 3 is 2.75 bits per heavy atom. The number of benzene rings is 2. The van der Waals surface area contributed by atoms with E-state index in [9.17, 15) is 4.79 Å². The molecule has 1 fully saturated rings. The molecule has 4 nitrogen and oxygen atoms in total. The fraction of sp³-hybridized carbons (Fsp3) is 0.222. The average Bonchev–Trinajstić information content (AvgIpc) is 3.13. The van der Waals surface area contributed by atoms with Gasteiger partial charge in [-0.1, -0.05) is 34.1 Å². The van der Waals surface area contributed by atoms with E-state index >= 15 is 0 Å². The molecule has 1 saturated heterocycles. The molecule has 4 rings (SSSR count). The summed E-state index contributed by atoms with van der Waals surface area (Å²) in [6.07, 6.45) is 0.853. The second-order valence-corrected chi connectivity index (χ2v) is 7.28. The number of halogens is 1. The molecule has 0 saturated carbocycles. The molecule has 122 valence electrons. The van der Waals surface area contributed by atoms with Crippen LogP contribution in [-0.2, 0) is 16.8 Å². The van der Waals surface area contributed by atoms with Gasteiger partial charge in [-0.2, -0.15) is 0 Å². The van der Waals surface area contributed by atoms with Gasteiger partial charge in [-0.15, -0.1) is 0 Å². The van der Waals surface area contributed by atoms with Crippen LogP contribution in [0.3, 0.4) is 0 Å². The van der Waals surface area contributed by atoms with Crippen molar-refractivity contribution >= 4 is 39.2 Å². The van der Waals surface area contributed by atoms with Crippen LogP contribution >= 0.6 is 28.1 Å². The van der Waals surface area contributed by atoms with Crippen molar-refractivity contribution in [2.45, 2.75) is 12.0 Å². The standard InChI is InChI=1S/C18H15BrN2O2S/c1-21-16(22)18(20-17(21)24,12-3-2-4-14(19)10-12)13-5-6-15-11(9-13)7-8-23-15/h2-6,9-10H,7-8H2,1H3,(H,20,24). The number of fused-ring (bicyclic) bond motifs is 1. The average molecular weight is 403 g/mol. The van der Waals surface area contributed by atoms with E-state index in [2.05, 4.69) is 27.3 Å². The van der Waals surface area contributed by atoms with Crippen LogP contribution in [0.25, 0.3) is 0 Å². The highest BCUT2D eigenvalue weighted by Gasteiger charge is 2.51. The molecule has 0 aromatic heterocycles. The highest BCUT2D eigenvalue weighted by Crippen LogP contribution is 2.39. The predicted molar refractivity (Wildman–Crippen MR) is 99.1 cm³/mol. The fourth-order valence-electron chi connectivity index (χ4n) is 3.34. The zero-order valence-electron chi connectivity index (χ0n) is 13.0. The van der Waals surface area contributed by atoms with E-state index in [-0.39, 0.29) is 5.91 Å². The molecule has 2 aromatic rings. The van der Waals surface area contributed by atoms with Crippen molar-refractivity contribution in [3.8, 4) is 5.75 Å². The first-order valence-electron chi connectivity index (χ1n) is 7.65. The minimum Gasteiger partial charge on any atom is -0.493 e. The fourth-order valence-corrected chi connectivity index (χ4v) is 3.98. The molecule has 1 unspecified atom stereocenters. The van der Waals surface area contributed by atoms with E-state index in [4.69, 9.17) is 17.0 Å². The van der Waals surface area contributed by atoms with Gasteiger partial charge in [-0.25, -0.2) is 0 Å². The molecule has 6 heteroatoms. The summed E-state index contributed by atoms with van der Waals surface area (Å²) in [6.45, 7) is 0.683. The van der Waals surface area contributed by atoms with Crippen LogP contribution in [-0.4, -0.2) is 29.6 Å². The van der Waals surface area contributed by atoms with Crippen LogP contribution in [0.5, 0.6) is 5.75 Å². The Balaban J connectivity index is 1.95. The van der Waals surface area contributed by atoms with Crippen molar-refractivity contribution in [1.29, 1.82) is 0 Å². The summed E-state index contributed by atoms with van der Waals surface area (Å²) in [4.78, 5) is 14.7. The minimum absolute atomic E-state index is 0.0792. The second kappa shape index (κ2) is 5.57. The number of carbonyl (C=O) groups excluding carboxylic acids is 1. The Kier molecular flexibility index (Phi) is 3.62. The Bertz CT molecular complexity index is 870. The number of carbonyl (C=O) groups is 1. The van der Waals surface area contributed by atoms with Gasteiger partial charge in [0.05, 0.1) is 6.61 Å². The molecule has 0 radical (unpaired) electrons. The summed E-state index contributed by atoms with van der Waals surface area (Å²) in [5, 5.41) is 3.69. The van der Waals surface area contributed by atoms with Gasteiger partial charge in [0, 0.05) is 17.9 Å². The topological polar surface area (TPSA) is 41.6 Å². The first-order valence-corrected chi connectivity index (χ1v) is 8.85. The van der Waals surface area contributed by atoms with Crippen molar-refractivity contribution in [3.63, 3.8) is 0 Å².